The number of hydrogen-bond acceptors (Lipinski definition) is 5. The van der Waals surface area contributed by atoms with Crippen molar-refractivity contribution in [2.45, 2.75) is 64.5 Å². The predicted molar refractivity (Wildman–Crippen MR) is 125 cm³/mol. The van der Waals surface area contributed by atoms with Crippen molar-refractivity contribution in [2.75, 3.05) is 49.1 Å². The molecule has 172 valence electrons. The molecule has 2 heterocycles. The zero-order valence-electron chi connectivity index (χ0n) is 19.1. The average molecular weight is 448 g/mol. The van der Waals surface area contributed by atoms with Crippen LogP contribution in [0, 0.1) is 13.8 Å². The molecule has 0 bridgehead atoms. The van der Waals surface area contributed by atoms with Gasteiger partial charge in [-0.05, 0) is 50.3 Å². The highest BCUT2D eigenvalue weighted by Gasteiger charge is 2.39. The smallest absolute Gasteiger partial charge is 0.237 e. The Hall–Kier alpha value is -1.60. The minimum absolute atomic E-state index is 0.128. The number of rotatable bonds is 5. The molecule has 0 spiro atoms. The van der Waals surface area contributed by atoms with Crippen molar-refractivity contribution in [3.05, 3.63) is 29.3 Å². The molecule has 1 aromatic rings. The number of anilines is 1. The molecular formula is C24H37N3O3S. The number of amides is 1. The number of piperazine rings is 1. The molecule has 1 atom stereocenters. The van der Waals surface area contributed by atoms with Crippen molar-refractivity contribution in [3.8, 4) is 0 Å². The van der Waals surface area contributed by atoms with E-state index in [1.54, 1.807) is 0 Å². The molecule has 7 heteroatoms. The molecule has 1 amide bonds. The molecule has 1 aliphatic carbocycles. The first-order valence-electron chi connectivity index (χ1n) is 11.9. The standard InChI is InChI=1S/C24H37N3O3S/c1-19-7-6-10-23(20(19)2)26-14-12-25(13-15-26)17-24(28)27(21-8-4-3-5-9-21)22-11-16-31(29,30)18-22/h6-7,10,21-22H,3-5,8-9,11-18H2,1-2H3. The summed E-state index contributed by atoms with van der Waals surface area (Å²) in [5.41, 5.74) is 3.94. The minimum atomic E-state index is -3.01. The van der Waals surface area contributed by atoms with E-state index in [0.717, 1.165) is 51.9 Å². The quantitative estimate of drug-likeness (QED) is 0.695. The zero-order chi connectivity index (χ0) is 22.0. The molecule has 31 heavy (non-hydrogen) atoms. The Kier molecular flexibility index (Phi) is 6.92. The highest BCUT2D eigenvalue weighted by atomic mass is 32.2. The Morgan fingerprint density at radius 3 is 2.35 bits per heavy atom. The van der Waals surface area contributed by atoms with Crippen molar-refractivity contribution in [2.24, 2.45) is 0 Å². The lowest BCUT2D eigenvalue weighted by Gasteiger charge is -2.41. The van der Waals surface area contributed by atoms with Gasteiger partial charge in [-0.1, -0.05) is 31.4 Å². The third kappa shape index (κ3) is 5.25. The number of aryl methyl sites for hydroxylation is 1. The molecule has 1 unspecified atom stereocenters. The van der Waals surface area contributed by atoms with Crippen LogP contribution in [0.5, 0.6) is 0 Å². The van der Waals surface area contributed by atoms with Crippen LogP contribution in [0.2, 0.25) is 0 Å². The van der Waals surface area contributed by atoms with Crippen LogP contribution in [0.3, 0.4) is 0 Å². The van der Waals surface area contributed by atoms with Crippen LogP contribution < -0.4 is 4.90 Å². The second kappa shape index (κ2) is 9.49. The Morgan fingerprint density at radius 1 is 1.00 bits per heavy atom. The first-order chi connectivity index (χ1) is 14.8. The molecular weight excluding hydrogens is 410 g/mol. The van der Waals surface area contributed by atoms with E-state index in [9.17, 15) is 13.2 Å². The van der Waals surface area contributed by atoms with Gasteiger partial charge >= 0.3 is 0 Å². The Morgan fingerprint density at radius 2 is 1.71 bits per heavy atom. The van der Waals surface area contributed by atoms with Crippen LogP contribution in [0.1, 0.15) is 49.7 Å². The number of carbonyl (C=O) groups is 1. The third-order valence-corrected chi connectivity index (χ3v) is 9.26. The van der Waals surface area contributed by atoms with Crippen molar-refractivity contribution < 1.29 is 13.2 Å². The van der Waals surface area contributed by atoms with Crippen LogP contribution in [0.4, 0.5) is 5.69 Å². The highest BCUT2D eigenvalue weighted by molar-refractivity contribution is 7.91. The van der Waals surface area contributed by atoms with Crippen molar-refractivity contribution in [1.29, 1.82) is 0 Å². The van der Waals surface area contributed by atoms with Gasteiger partial charge < -0.3 is 9.80 Å². The molecule has 0 radical (unpaired) electrons. The van der Waals surface area contributed by atoms with Gasteiger partial charge in [-0.15, -0.1) is 0 Å². The van der Waals surface area contributed by atoms with Gasteiger partial charge in [0.15, 0.2) is 9.84 Å². The summed E-state index contributed by atoms with van der Waals surface area (Å²) in [6, 6.07) is 6.55. The molecule has 0 N–H and O–H groups in total. The van der Waals surface area contributed by atoms with Gasteiger partial charge in [0, 0.05) is 44.0 Å². The Balaban J connectivity index is 1.39. The maximum absolute atomic E-state index is 13.4. The maximum atomic E-state index is 13.4. The first-order valence-corrected chi connectivity index (χ1v) is 13.7. The number of nitrogens with zero attached hydrogens (tertiary/aromatic N) is 3. The summed E-state index contributed by atoms with van der Waals surface area (Å²) in [6.45, 7) is 8.29. The molecule has 3 fully saturated rings. The third-order valence-electron chi connectivity index (χ3n) is 7.51. The van der Waals surface area contributed by atoms with Crippen LogP contribution >= 0.6 is 0 Å². The van der Waals surface area contributed by atoms with E-state index in [0.29, 0.717) is 13.0 Å². The van der Waals surface area contributed by atoms with Crippen molar-refractivity contribution in [1.82, 2.24) is 9.80 Å². The topological polar surface area (TPSA) is 60.9 Å². The summed E-state index contributed by atoms with van der Waals surface area (Å²) in [5, 5.41) is 0. The summed E-state index contributed by atoms with van der Waals surface area (Å²) in [6.07, 6.45) is 6.14. The van der Waals surface area contributed by atoms with Crippen LogP contribution in [-0.2, 0) is 14.6 Å². The van der Waals surface area contributed by atoms with Gasteiger partial charge in [0.25, 0.3) is 0 Å². The lowest BCUT2D eigenvalue weighted by molar-refractivity contribution is -0.137. The van der Waals surface area contributed by atoms with Crippen molar-refractivity contribution >= 4 is 21.4 Å². The fourth-order valence-corrected chi connectivity index (χ4v) is 7.27. The van der Waals surface area contributed by atoms with E-state index in [-0.39, 0.29) is 29.5 Å². The molecule has 2 saturated heterocycles. The molecule has 4 rings (SSSR count). The SMILES string of the molecule is Cc1cccc(N2CCN(CC(=O)N(C3CCCCC3)C3CCS(=O)(=O)C3)CC2)c1C. The van der Waals surface area contributed by atoms with Gasteiger partial charge in [0.05, 0.1) is 18.1 Å². The Bertz CT molecular complexity index is 887. The fraction of sp³-hybridized carbons (Fsp3) is 0.708. The number of hydrogen-bond donors (Lipinski definition) is 0. The van der Waals surface area contributed by atoms with Crippen LogP contribution in [0.15, 0.2) is 18.2 Å². The maximum Gasteiger partial charge on any atom is 0.237 e. The summed E-state index contributed by atoms with van der Waals surface area (Å²) in [4.78, 5) is 20.1. The monoisotopic (exact) mass is 447 g/mol. The van der Waals surface area contributed by atoms with E-state index in [4.69, 9.17) is 0 Å². The Labute approximate surface area is 187 Å². The second-order valence-corrected chi connectivity index (χ2v) is 11.9. The van der Waals surface area contributed by atoms with Crippen LogP contribution in [0.25, 0.3) is 0 Å². The molecule has 1 aromatic carbocycles. The predicted octanol–water partition coefficient (Wildman–Crippen LogP) is 2.77. The average Bonchev–Trinajstić information content (AvgIpc) is 3.11. The molecule has 6 nitrogen and oxygen atoms in total. The normalized spacial score (nSPS) is 25.0. The van der Waals surface area contributed by atoms with E-state index >= 15 is 0 Å². The van der Waals surface area contributed by atoms with Crippen molar-refractivity contribution in [3.63, 3.8) is 0 Å². The number of sulfone groups is 1. The van der Waals surface area contributed by atoms with Crippen LogP contribution in [-0.4, -0.2) is 80.4 Å². The number of benzene rings is 1. The molecule has 3 aliphatic rings. The van der Waals surface area contributed by atoms with E-state index < -0.39 is 9.84 Å². The number of carbonyl (C=O) groups excluding carboxylic acids is 1. The summed E-state index contributed by atoms with van der Waals surface area (Å²) in [5.74, 6) is 0.507. The zero-order valence-corrected chi connectivity index (χ0v) is 19.9. The summed E-state index contributed by atoms with van der Waals surface area (Å²) < 4.78 is 24.2. The van der Waals surface area contributed by atoms with Gasteiger partial charge in [-0.25, -0.2) is 8.42 Å². The molecule has 2 aliphatic heterocycles. The van der Waals surface area contributed by atoms with E-state index in [1.165, 1.54) is 23.2 Å². The molecule has 0 aromatic heterocycles. The highest BCUT2D eigenvalue weighted by Crippen LogP contribution is 2.29. The van der Waals surface area contributed by atoms with E-state index in [1.807, 2.05) is 4.90 Å². The largest absolute Gasteiger partial charge is 0.369 e. The minimum Gasteiger partial charge on any atom is -0.369 e. The lowest BCUT2D eigenvalue weighted by Crippen LogP contribution is -2.54. The van der Waals surface area contributed by atoms with Gasteiger partial charge in [0.2, 0.25) is 5.91 Å². The fourth-order valence-electron chi connectivity index (χ4n) is 5.56. The summed E-state index contributed by atoms with van der Waals surface area (Å²) in [7, 11) is -3.01. The first kappa shape index (κ1) is 22.6. The second-order valence-electron chi connectivity index (χ2n) is 9.63. The molecule has 1 saturated carbocycles. The van der Waals surface area contributed by atoms with Gasteiger partial charge in [0.1, 0.15) is 0 Å². The van der Waals surface area contributed by atoms with Gasteiger partial charge in [-0.2, -0.15) is 0 Å². The lowest BCUT2D eigenvalue weighted by atomic mass is 9.92. The summed E-state index contributed by atoms with van der Waals surface area (Å²) >= 11 is 0. The van der Waals surface area contributed by atoms with Gasteiger partial charge in [-0.3, -0.25) is 9.69 Å². The van der Waals surface area contributed by atoms with E-state index in [2.05, 4.69) is 41.8 Å².